The van der Waals surface area contributed by atoms with E-state index < -0.39 is 0 Å². The fraction of sp³-hybridized carbons (Fsp3) is 0.500. The van der Waals surface area contributed by atoms with Gasteiger partial charge in [0.15, 0.2) is 0 Å². The van der Waals surface area contributed by atoms with Crippen molar-refractivity contribution in [2.45, 2.75) is 13.0 Å². The number of benzene rings is 1. The van der Waals surface area contributed by atoms with Gasteiger partial charge < -0.3 is 10.4 Å². The Hall–Kier alpha value is -1.10. The second-order valence-electron chi connectivity index (χ2n) is 4.94. The molecule has 104 valence electrons. The molecule has 1 aromatic rings. The van der Waals surface area contributed by atoms with Crippen LogP contribution in [-0.4, -0.2) is 42.2 Å². The van der Waals surface area contributed by atoms with Crippen molar-refractivity contribution in [1.29, 1.82) is 0 Å². The van der Waals surface area contributed by atoms with Crippen molar-refractivity contribution >= 4 is 17.5 Å². The number of halogens is 1. The summed E-state index contributed by atoms with van der Waals surface area (Å²) in [4.78, 5) is 13.9. The van der Waals surface area contributed by atoms with Crippen LogP contribution < -0.4 is 5.32 Å². The van der Waals surface area contributed by atoms with Gasteiger partial charge >= 0.3 is 0 Å². The summed E-state index contributed by atoms with van der Waals surface area (Å²) in [5.74, 6) is 0.315. The monoisotopic (exact) mass is 282 g/mol. The number of hydrogen-bond donors (Lipinski definition) is 2. The Balaban J connectivity index is 1.75. The van der Waals surface area contributed by atoms with Gasteiger partial charge in [0.1, 0.15) is 0 Å². The molecule has 1 unspecified atom stereocenters. The van der Waals surface area contributed by atoms with Crippen LogP contribution in [0, 0.1) is 5.92 Å². The number of likely N-dealkylation sites (tertiary alicyclic amines) is 1. The van der Waals surface area contributed by atoms with E-state index in [-0.39, 0.29) is 12.5 Å². The van der Waals surface area contributed by atoms with Crippen molar-refractivity contribution in [2.75, 3.05) is 26.2 Å². The van der Waals surface area contributed by atoms with Gasteiger partial charge in [-0.15, -0.1) is 0 Å². The highest BCUT2D eigenvalue weighted by Gasteiger charge is 2.23. The van der Waals surface area contributed by atoms with Crippen LogP contribution in [0.1, 0.15) is 12.0 Å². The van der Waals surface area contributed by atoms with Gasteiger partial charge in [-0.2, -0.15) is 0 Å². The van der Waals surface area contributed by atoms with Gasteiger partial charge in [-0.3, -0.25) is 9.69 Å². The number of aliphatic hydroxyl groups is 1. The molecule has 1 aromatic carbocycles. The SMILES string of the molecule is O=C(CN1CCC(CO)C1)NCc1ccccc1Cl. The first kappa shape index (κ1) is 14.3. The van der Waals surface area contributed by atoms with Crippen LogP contribution in [0.25, 0.3) is 0 Å². The van der Waals surface area contributed by atoms with Gasteiger partial charge in [0, 0.05) is 24.7 Å². The molecule has 4 nitrogen and oxygen atoms in total. The van der Waals surface area contributed by atoms with Crippen LogP contribution in [0.15, 0.2) is 24.3 Å². The second-order valence-corrected chi connectivity index (χ2v) is 5.35. The molecular weight excluding hydrogens is 264 g/mol. The Kier molecular flexibility index (Phi) is 5.19. The number of nitrogens with zero attached hydrogens (tertiary/aromatic N) is 1. The molecule has 1 heterocycles. The molecule has 2 rings (SSSR count). The Morgan fingerprint density at radius 3 is 2.95 bits per heavy atom. The fourth-order valence-electron chi connectivity index (χ4n) is 2.30. The van der Waals surface area contributed by atoms with Gasteiger partial charge in [0.05, 0.1) is 6.54 Å². The van der Waals surface area contributed by atoms with E-state index in [1.165, 1.54) is 0 Å². The maximum Gasteiger partial charge on any atom is 0.234 e. The van der Waals surface area contributed by atoms with Crippen LogP contribution in [0.2, 0.25) is 5.02 Å². The van der Waals surface area contributed by atoms with Gasteiger partial charge in [0.2, 0.25) is 5.91 Å². The van der Waals surface area contributed by atoms with E-state index in [0.29, 0.717) is 24.0 Å². The lowest BCUT2D eigenvalue weighted by atomic mass is 10.1. The molecule has 0 aliphatic carbocycles. The number of rotatable bonds is 5. The van der Waals surface area contributed by atoms with Crippen LogP contribution in [0.4, 0.5) is 0 Å². The standard InChI is InChI=1S/C14H19ClN2O2/c15-13-4-2-1-3-12(13)7-16-14(19)9-17-6-5-11(8-17)10-18/h1-4,11,18H,5-10H2,(H,16,19). The van der Waals surface area contributed by atoms with E-state index in [0.717, 1.165) is 25.1 Å². The smallest absolute Gasteiger partial charge is 0.234 e. The summed E-state index contributed by atoms with van der Waals surface area (Å²) in [5.41, 5.74) is 0.923. The van der Waals surface area contributed by atoms with E-state index in [1.807, 2.05) is 24.3 Å². The molecule has 0 saturated carbocycles. The fourth-order valence-corrected chi connectivity index (χ4v) is 2.50. The molecular formula is C14H19ClN2O2. The molecule has 1 fully saturated rings. The summed E-state index contributed by atoms with van der Waals surface area (Å²) >= 11 is 6.03. The molecule has 19 heavy (non-hydrogen) atoms. The molecule has 0 radical (unpaired) electrons. The first-order valence-corrected chi connectivity index (χ1v) is 6.90. The number of aliphatic hydroxyl groups excluding tert-OH is 1. The molecule has 0 bridgehead atoms. The Morgan fingerprint density at radius 2 is 2.26 bits per heavy atom. The van der Waals surface area contributed by atoms with Crippen molar-refractivity contribution in [1.82, 2.24) is 10.2 Å². The highest BCUT2D eigenvalue weighted by Crippen LogP contribution is 2.15. The first-order chi connectivity index (χ1) is 9.19. The minimum absolute atomic E-state index is 0.00138. The Morgan fingerprint density at radius 1 is 1.47 bits per heavy atom. The third kappa shape index (κ3) is 4.20. The van der Waals surface area contributed by atoms with E-state index >= 15 is 0 Å². The lowest BCUT2D eigenvalue weighted by Crippen LogP contribution is -2.36. The molecule has 1 aliphatic heterocycles. The quantitative estimate of drug-likeness (QED) is 0.855. The summed E-state index contributed by atoms with van der Waals surface area (Å²) in [6.45, 7) is 2.73. The zero-order chi connectivity index (χ0) is 13.7. The maximum absolute atomic E-state index is 11.8. The van der Waals surface area contributed by atoms with Crippen LogP contribution in [-0.2, 0) is 11.3 Å². The molecule has 1 atom stereocenters. The Bertz CT molecular complexity index is 439. The third-order valence-corrected chi connectivity index (χ3v) is 3.80. The van der Waals surface area contributed by atoms with E-state index in [9.17, 15) is 4.79 Å². The second kappa shape index (κ2) is 6.89. The number of nitrogens with one attached hydrogen (secondary N) is 1. The van der Waals surface area contributed by atoms with E-state index in [1.54, 1.807) is 0 Å². The molecule has 2 N–H and O–H groups in total. The normalized spacial score (nSPS) is 19.6. The number of hydrogen-bond acceptors (Lipinski definition) is 3. The minimum Gasteiger partial charge on any atom is -0.396 e. The summed E-state index contributed by atoms with van der Waals surface area (Å²) in [5, 5.41) is 12.6. The molecule has 0 spiro atoms. The van der Waals surface area contributed by atoms with Gasteiger partial charge in [-0.25, -0.2) is 0 Å². The zero-order valence-electron chi connectivity index (χ0n) is 10.8. The van der Waals surface area contributed by atoms with Crippen molar-refractivity contribution in [3.63, 3.8) is 0 Å². The van der Waals surface area contributed by atoms with Crippen LogP contribution >= 0.6 is 11.6 Å². The van der Waals surface area contributed by atoms with E-state index in [4.69, 9.17) is 16.7 Å². The summed E-state index contributed by atoms with van der Waals surface area (Å²) in [6, 6.07) is 7.49. The predicted molar refractivity (Wildman–Crippen MR) is 74.9 cm³/mol. The lowest BCUT2D eigenvalue weighted by Gasteiger charge is -2.15. The van der Waals surface area contributed by atoms with Crippen molar-refractivity contribution in [3.05, 3.63) is 34.9 Å². The summed E-state index contributed by atoms with van der Waals surface area (Å²) in [7, 11) is 0. The van der Waals surface area contributed by atoms with Gasteiger partial charge in [-0.05, 0) is 30.5 Å². The zero-order valence-corrected chi connectivity index (χ0v) is 11.6. The van der Waals surface area contributed by atoms with Gasteiger partial charge in [0.25, 0.3) is 0 Å². The molecule has 5 heteroatoms. The van der Waals surface area contributed by atoms with Crippen molar-refractivity contribution < 1.29 is 9.90 Å². The van der Waals surface area contributed by atoms with Crippen molar-refractivity contribution in [3.8, 4) is 0 Å². The number of amides is 1. The average molecular weight is 283 g/mol. The molecule has 1 saturated heterocycles. The molecule has 1 aliphatic rings. The predicted octanol–water partition coefficient (Wildman–Crippen LogP) is 1.27. The highest BCUT2D eigenvalue weighted by molar-refractivity contribution is 6.31. The third-order valence-electron chi connectivity index (χ3n) is 3.43. The number of carbonyl (C=O) groups is 1. The minimum atomic E-state index is -0.00138. The first-order valence-electron chi connectivity index (χ1n) is 6.52. The summed E-state index contributed by atoms with van der Waals surface area (Å²) in [6.07, 6.45) is 0.967. The maximum atomic E-state index is 11.8. The largest absolute Gasteiger partial charge is 0.396 e. The van der Waals surface area contributed by atoms with Crippen LogP contribution in [0.3, 0.4) is 0 Å². The number of carbonyl (C=O) groups excluding carboxylic acids is 1. The van der Waals surface area contributed by atoms with Gasteiger partial charge in [-0.1, -0.05) is 29.8 Å². The summed E-state index contributed by atoms with van der Waals surface area (Å²) < 4.78 is 0. The molecule has 1 amide bonds. The topological polar surface area (TPSA) is 52.6 Å². The lowest BCUT2D eigenvalue weighted by molar-refractivity contribution is -0.122. The average Bonchev–Trinajstić information content (AvgIpc) is 2.85. The van der Waals surface area contributed by atoms with Crippen molar-refractivity contribution in [2.24, 2.45) is 5.92 Å². The van der Waals surface area contributed by atoms with E-state index in [2.05, 4.69) is 10.2 Å². The molecule has 0 aromatic heterocycles. The van der Waals surface area contributed by atoms with Crippen LogP contribution in [0.5, 0.6) is 0 Å². The Labute approximate surface area is 118 Å². The highest BCUT2D eigenvalue weighted by atomic mass is 35.5.